The summed E-state index contributed by atoms with van der Waals surface area (Å²) in [6, 6.07) is 30.6. The Morgan fingerprint density at radius 2 is 1.44 bits per heavy atom. The van der Waals surface area contributed by atoms with Crippen molar-refractivity contribution >= 4 is 39.1 Å². The van der Waals surface area contributed by atoms with Gasteiger partial charge in [0.25, 0.3) is 0 Å². The molecule has 0 amide bonds. The van der Waals surface area contributed by atoms with Crippen LogP contribution in [0.25, 0.3) is 27.8 Å². The topological polar surface area (TPSA) is 65.0 Å². The number of aliphatic hydroxyl groups is 1. The lowest BCUT2D eigenvalue weighted by molar-refractivity contribution is -0.538. The van der Waals surface area contributed by atoms with Crippen molar-refractivity contribution in [3.63, 3.8) is 0 Å². The van der Waals surface area contributed by atoms with Crippen LogP contribution in [-0.4, -0.2) is 29.8 Å². The fraction of sp³-hybridized carbons (Fsp3) is 0.200. The van der Waals surface area contributed by atoms with E-state index in [1.54, 1.807) is 0 Å². The Labute approximate surface area is 211 Å². The van der Waals surface area contributed by atoms with Gasteiger partial charge >= 0.3 is 0 Å². The first-order valence-corrected chi connectivity index (χ1v) is 12.4. The molecule has 0 aliphatic heterocycles. The molecule has 5 rings (SSSR count). The number of para-hydroxylation sites is 1. The van der Waals surface area contributed by atoms with E-state index in [9.17, 15) is 5.11 Å². The van der Waals surface area contributed by atoms with Gasteiger partial charge in [-0.05, 0) is 61.4 Å². The molecule has 5 aromatic rings. The smallest absolute Gasteiger partial charge is 0.239 e. The average Bonchev–Trinajstić information content (AvgIpc) is 2.91. The summed E-state index contributed by atoms with van der Waals surface area (Å²) in [4.78, 5) is 7.08. The first kappa shape index (κ1) is 23.6. The molecule has 0 fully saturated rings. The number of aromatic nitrogens is 2. The standard InChI is InChI=1S/C30H30N5O/c1-3-17-34(18-19-36)25-13-10-23(11-14-25)32-33-24-12-16-28-30(21-24)35(26-7-5-4-6-8-26)29-20-22(2)9-15-27(29)31-28/h4-16,20-21,36H,3,17-19H2,1-2H3/q+1. The van der Waals surface area contributed by atoms with Crippen molar-refractivity contribution < 1.29 is 9.67 Å². The third kappa shape index (κ3) is 4.95. The van der Waals surface area contributed by atoms with Crippen LogP contribution in [0, 0.1) is 6.92 Å². The lowest BCUT2D eigenvalue weighted by Crippen LogP contribution is -2.33. The SMILES string of the molecule is CCCN(CCO)c1ccc(N=Nc2ccc3nc4ccc(C)cc4[n+](-c4ccccc4)c3c2)cc1. The summed E-state index contributed by atoms with van der Waals surface area (Å²) in [5.74, 6) is 0. The average molecular weight is 477 g/mol. The molecule has 1 aromatic heterocycles. The number of fused-ring (bicyclic) bond motifs is 2. The van der Waals surface area contributed by atoms with Crippen molar-refractivity contribution in [3.05, 3.63) is 96.6 Å². The molecule has 0 unspecified atom stereocenters. The Kier molecular flexibility index (Phi) is 6.96. The number of anilines is 1. The van der Waals surface area contributed by atoms with Crippen molar-refractivity contribution in [2.45, 2.75) is 20.3 Å². The van der Waals surface area contributed by atoms with Crippen molar-refractivity contribution in [2.75, 3.05) is 24.6 Å². The van der Waals surface area contributed by atoms with Gasteiger partial charge in [0, 0.05) is 43.0 Å². The molecule has 180 valence electrons. The molecule has 6 nitrogen and oxygen atoms in total. The number of azo groups is 1. The number of nitrogens with zero attached hydrogens (tertiary/aromatic N) is 5. The molecule has 0 aliphatic rings. The second-order valence-electron chi connectivity index (χ2n) is 8.88. The van der Waals surface area contributed by atoms with E-state index in [0.29, 0.717) is 6.54 Å². The maximum atomic E-state index is 9.35. The second kappa shape index (κ2) is 10.6. The van der Waals surface area contributed by atoms with Crippen LogP contribution in [-0.2, 0) is 0 Å². The maximum absolute atomic E-state index is 9.35. The van der Waals surface area contributed by atoms with E-state index < -0.39 is 0 Å². The molecule has 1 heterocycles. The van der Waals surface area contributed by atoms with E-state index in [0.717, 1.165) is 57.8 Å². The molecule has 6 heteroatoms. The molecular formula is C30H30N5O+. The first-order chi connectivity index (χ1) is 17.7. The Morgan fingerprint density at radius 3 is 2.17 bits per heavy atom. The summed E-state index contributed by atoms with van der Waals surface area (Å²) >= 11 is 0. The van der Waals surface area contributed by atoms with Gasteiger partial charge < -0.3 is 10.0 Å². The Morgan fingerprint density at radius 1 is 0.778 bits per heavy atom. The predicted octanol–water partition coefficient (Wildman–Crippen LogP) is 6.60. The summed E-state index contributed by atoms with van der Waals surface area (Å²) in [6.45, 7) is 5.89. The highest BCUT2D eigenvalue weighted by Crippen LogP contribution is 2.26. The largest absolute Gasteiger partial charge is 0.395 e. The molecular weight excluding hydrogens is 446 g/mol. The van der Waals surface area contributed by atoms with E-state index in [-0.39, 0.29) is 6.61 Å². The minimum atomic E-state index is 0.135. The normalized spacial score (nSPS) is 11.5. The zero-order valence-corrected chi connectivity index (χ0v) is 20.7. The summed E-state index contributed by atoms with van der Waals surface area (Å²) in [6.07, 6.45) is 1.02. The molecule has 0 aliphatic carbocycles. The van der Waals surface area contributed by atoms with Gasteiger partial charge in [-0.3, -0.25) is 0 Å². The lowest BCUT2D eigenvalue weighted by atomic mass is 10.1. The monoisotopic (exact) mass is 476 g/mol. The number of hydrogen-bond donors (Lipinski definition) is 1. The predicted molar refractivity (Wildman–Crippen MR) is 146 cm³/mol. The van der Waals surface area contributed by atoms with Crippen LogP contribution < -0.4 is 9.47 Å². The summed E-state index contributed by atoms with van der Waals surface area (Å²) in [5.41, 5.74) is 8.76. The summed E-state index contributed by atoms with van der Waals surface area (Å²) < 4.78 is 2.24. The van der Waals surface area contributed by atoms with Crippen LogP contribution in [0.5, 0.6) is 0 Å². The Bertz CT molecular complexity index is 1510. The zero-order chi connectivity index (χ0) is 24.9. The van der Waals surface area contributed by atoms with E-state index in [1.807, 2.05) is 60.7 Å². The van der Waals surface area contributed by atoms with Gasteiger partial charge in [-0.1, -0.05) is 31.2 Å². The minimum Gasteiger partial charge on any atom is -0.395 e. The number of benzene rings is 4. The molecule has 4 aromatic carbocycles. The molecule has 0 saturated heterocycles. The first-order valence-electron chi connectivity index (χ1n) is 12.4. The molecule has 0 saturated carbocycles. The van der Waals surface area contributed by atoms with E-state index >= 15 is 0 Å². The minimum absolute atomic E-state index is 0.135. The van der Waals surface area contributed by atoms with Crippen molar-refractivity contribution in [2.24, 2.45) is 10.2 Å². The highest BCUT2D eigenvalue weighted by atomic mass is 16.3. The van der Waals surface area contributed by atoms with Crippen LogP contribution in [0.1, 0.15) is 18.9 Å². The van der Waals surface area contributed by atoms with E-state index in [1.165, 1.54) is 5.56 Å². The molecule has 0 spiro atoms. The van der Waals surface area contributed by atoms with Gasteiger partial charge in [0.1, 0.15) is 11.0 Å². The van der Waals surface area contributed by atoms with Crippen LogP contribution >= 0.6 is 0 Å². The van der Waals surface area contributed by atoms with Gasteiger partial charge in [0.2, 0.25) is 16.7 Å². The maximum Gasteiger partial charge on any atom is 0.239 e. The Hall–Kier alpha value is -4.16. The Balaban J connectivity index is 1.53. The lowest BCUT2D eigenvalue weighted by Gasteiger charge is -2.23. The quantitative estimate of drug-likeness (QED) is 0.156. The van der Waals surface area contributed by atoms with Gasteiger partial charge in [-0.15, -0.1) is 4.57 Å². The number of hydrogen-bond acceptors (Lipinski definition) is 5. The third-order valence-electron chi connectivity index (χ3n) is 6.19. The van der Waals surface area contributed by atoms with Crippen LogP contribution in [0.4, 0.5) is 17.1 Å². The summed E-state index contributed by atoms with van der Waals surface area (Å²) in [5, 5.41) is 18.4. The van der Waals surface area contributed by atoms with E-state index in [2.05, 4.69) is 63.9 Å². The molecule has 1 N–H and O–H groups in total. The van der Waals surface area contributed by atoms with Crippen LogP contribution in [0.2, 0.25) is 0 Å². The van der Waals surface area contributed by atoms with Crippen molar-refractivity contribution in [1.29, 1.82) is 0 Å². The highest BCUT2D eigenvalue weighted by molar-refractivity contribution is 5.84. The number of rotatable bonds is 8. The third-order valence-corrected chi connectivity index (χ3v) is 6.19. The summed E-state index contributed by atoms with van der Waals surface area (Å²) in [7, 11) is 0. The van der Waals surface area contributed by atoms with Crippen LogP contribution in [0.15, 0.2) is 101 Å². The molecule has 0 atom stereocenters. The fourth-order valence-electron chi connectivity index (χ4n) is 4.48. The van der Waals surface area contributed by atoms with Crippen molar-refractivity contribution in [1.82, 2.24) is 4.98 Å². The van der Waals surface area contributed by atoms with E-state index in [4.69, 9.17) is 4.98 Å². The van der Waals surface area contributed by atoms with Gasteiger partial charge in [0.15, 0.2) is 0 Å². The number of aliphatic hydroxyl groups excluding tert-OH is 1. The van der Waals surface area contributed by atoms with Crippen molar-refractivity contribution in [3.8, 4) is 5.69 Å². The molecule has 0 bridgehead atoms. The number of aryl methyl sites for hydroxylation is 1. The molecule has 36 heavy (non-hydrogen) atoms. The van der Waals surface area contributed by atoms with Gasteiger partial charge in [-0.25, -0.2) is 4.98 Å². The van der Waals surface area contributed by atoms with Crippen LogP contribution in [0.3, 0.4) is 0 Å². The fourth-order valence-corrected chi connectivity index (χ4v) is 4.48. The zero-order valence-electron chi connectivity index (χ0n) is 20.7. The molecule has 0 radical (unpaired) electrons. The highest BCUT2D eigenvalue weighted by Gasteiger charge is 2.20. The van der Waals surface area contributed by atoms with Gasteiger partial charge in [0.05, 0.1) is 18.0 Å². The second-order valence-corrected chi connectivity index (χ2v) is 8.88. The van der Waals surface area contributed by atoms with Gasteiger partial charge in [-0.2, -0.15) is 10.2 Å².